The molecule has 2 aromatic rings. The van der Waals surface area contributed by atoms with Crippen molar-refractivity contribution >= 4 is 17.4 Å². The molecule has 5 heteroatoms. The Kier molecular flexibility index (Phi) is 4.51. The summed E-state index contributed by atoms with van der Waals surface area (Å²) in [5, 5.41) is 0. The number of methoxy groups -OCH3 is 1. The number of Topliss-reactive ketones (excluding diaryl/α,β-unsaturated/α-hetero) is 1. The average Bonchev–Trinajstić information content (AvgIpc) is 2.83. The molecule has 0 unspecified atom stereocenters. The van der Waals surface area contributed by atoms with Crippen LogP contribution in [-0.4, -0.2) is 32.0 Å². The summed E-state index contributed by atoms with van der Waals surface area (Å²) in [4.78, 5) is 25.7. The Morgan fingerprint density at radius 3 is 2.54 bits per heavy atom. The van der Waals surface area contributed by atoms with Gasteiger partial charge in [0.1, 0.15) is 0 Å². The van der Waals surface area contributed by atoms with Gasteiger partial charge in [0, 0.05) is 6.54 Å². The van der Waals surface area contributed by atoms with Gasteiger partial charge in [-0.25, -0.2) is 0 Å². The van der Waals surface area contributed by atoms with Gasteiger partial charge in [0.25, 0.3) is 11.7 Å². The molecular weight excluding hydrogens is 306 g/mol. The molecule has 0 saturated carbocycles. The zero-order valence-corrected chi connectivity index (χ0v) is 13.7. The van der Waals surface area contributed by atoms with E-state index in [-0.39, 0.29) is 0 Å². The molecule has 0 aliphatic carbocycles. The van der Waals surface area contributed by atoms with Crippen molar-refractivity contribution in [2.75, 3.05) is 25.2 Å². The topological polar surface area (TPSA) is 55.8 Å². The van der Waals surface area contributed by atoms with E-state index >= 15 is 0 Å². The number of carbonyl (C=O) groups is 2. The number of rotatable bonds is 6. The largest absolute Gasteiger partial charge is 0.493 e. The first-order chi connectivity index (χ1) is 11.6. The summed E-state index contributed by atoms with van der Waals surface area (Å²) in [6.45, 7) is 2.77. The summed E-state index contributed by atoms with van der Waals surface area (Å²) in [5.41, 5.74) is 2.15. The molecule has 0 saturated heterocycles. The first kappa shape index (κ1) is 16.1. The number of para-hydroxylation sites is 2. The van der Waals surface area contributed by atoms with Gasteiger partial charge in [-0.2, -0.15) is 0 Å². The minimum atomic E-state index is -0.465. The Balaban J connectivity index is 1.62. The van der Waals surface area contributed by atoms with Crippen LogP contribution < -0.4 is 14.4 Å². The highest BCUT2D eigenvalue weighted by atomic mass is 16.5. The molecule has 0 N–H and O–H groups in total. The van der Waals surface area contributed by atoms with Gasteiger partial charge in [-0.15, -0.1) is 0 Å². The van der Waals surface area contributed by atoms with E-state index in [1.807, 2.05) is 43.3 Å². The van der Waals surface area contributed by atoms with E-state index in [0.717, 1.165) is 5.56 Å². The van der Waals surface area contributed by atoms with Gasteiger partial charge in [0.05, 0.1) is 25.0 Å². The zero-order chi connectivity index (χ0) is 17.1. The van der Waals surface area contributed by atoms with Gasteiger partial charge in [0.2, 0.25) is 0 Å². The summed E-state index contributed by atoms with van der Waals surface area (Å²) in [5.74, 6) is 0.442. The lowest BCUT2D eigenvalue weighted by Crippen LogP contribution is -2.31. The molecule has 0 bridgehead atoms. The third kappa shape index (κ3) is 2.97. The predicted octanol–water partition coefficient (Wildman–Crippen LogP) is 3.00. The van der Waals surface area contributed by atoms with Gasteiger partial charge in [0.15, 0.2) is 11.5 Å². The molecule has 2 aromatic carbocycles. The van der Waals surface area contributed by atoms with Crippen LogP contribution in [-0.2, 0) is 4.79 Å². The summed E-state index contributed by atoms with van der Waals surface area (Å²) < 4.78 is 10.9. The molecule has 124 valence electrons. The van der Waals surface area contributed by atoms with Crippen molar-refractivity contribution in [1.29, 1.82) is 0 Å². The third-order valence-electron chi connectivity index (χ3n) is 3.98. The van der Waals surface area contributed by atoms with Gasteiger partial charge in [-0.1, -0.05) is 23.8 Å². The quantitative estimate of drug-likeness (QED) is 0.605. The van der Waals surface area contributed by atoms with Crippen molar-refractivity contribution in [3.8, 4) is 11.5 Å². The highest BCUT2D eigenvalue weighted by Gasteiger charge is 2.35. The lowest BCUT2D eigenvalue weighted by atomic mass is 10.1. The highest BCUT2D eigenvalue weighted by Crippen LogP contribution is 2.30. The number of ketones is 1. The fourth-order valence-electron chi connectivity index (χ4n) is 2.78. The number of anilines is 1. The van der Waals surface area contributed by atoms with Crippen LogP contribution in [0.25, 0.3) is 0 Å². The van der Waals surface area contributed by atoms with Gasteiger partial charge >= 0.3 is 0 Å². The minimum Gasteiger partial charge on any atom is -0.493 e. The van der Waals surface area contributed by atoms with Crippen LogP contribution in [0.5, 0.6) is 11.5 Å². The molecule has 24 heavy (non-hydrogen) atoms. The van der Waals surface area contributed by atoms with Crippen molar-refractivity contribution in [1.82, 2.24) is 0 Å². The van der Waals surface area contributed by atoms with E-state index in [4.69, 9.17) is 9.47 Å². The molecule has 1 aliphatic rings. The number of ether oxygens (including phenoxy) is 2. The molecule has 5 nitrogen and oxygen atoms in total. The van der Waals surface area contributed by atoms with Crippen LogP contribution >= 0.6 is 0 Å². The van der Waals surface area contributed by atoms with E-state index in [0.29, 0.717) is 42.3 Å². The van der Waals surface area contributed by atoms with Gasteiger partial charge in [-0.05, 0) is 37.6 Å². The maximum Gasteiger partial charge on any atom is 0.299 e. The third-order valence-corrected chi connectivity index (χ3v) is 3.98. The lowest BCUT2D eigenvalue weighted by molar-refractivity contribution is -0.114. The second kappa shape index (κ2) is 6.74. The second-order valence-corrected chi connectivity index (χ2v) is 5.66. The number of carbonyl (C=O) groups excluding carboxylic acids is 2. The Morgan fingerprint density at radius 1 is 1.04 bits per heavy atom. The average molecular weight is 325 g/mol. The lowest BCUT2D eigenvalue weighted by Gasteiger charge is -2.17. The van der Waals surface area contributed by atoms with Crippen LogP contribution in [0, 0.1) is 6.92 Å². The SMILES string of the molecule is COc1ccccc1OCCCN1C(=O)C(=O)c2cc(C)ccc21. The van der Waals surface area contributed by atoms with Crippen molar-refractivity contribution in [2.24, 2.45) is 0 Å². The molecular formula is C19H19NO4. The first-order valence-electron chi connectivity index (χ1n) is 7.84. The maximum absolute atomic E-state index is 12.2. The highest BCUT2D eigenvalue weighted by molar-refractivity contribution is 6.52. The molecule has 0 fully saturated rings. The summed E-state index contributed by atoms with van der Waals surface area (Å²) >= 11 is 0. The first-order valence-corrected chi connectivity index (χ1v) is 7.84. The van der Waals surface area contributed by atoms with E-state index in [1.54, 1.807) is 13.2 Å². The molecule has 1 heterocycles. The zero-order valence-electron chi connectivity index (χ0n) is 13.7. The minimum absolute atomic E-state index is 0.430. The second-order valence-electron chi connectivity index (χ2n) is 5.66. The Labute approximate surface area is 140 Å². The van der Waals surface area contributed by atoms with E-state index in [2.05, 4.69) is 0 Å². The molecule has 0 radical (unpaired) electrons. The summed E-state index contributed by atoms with van der Waals surface area (Å²) in [6.07, 6.45) is 0.615. The van der Waals surface area contributed by atoms with Crippen molar-refractivity contribution in [3.63, 3.8) is 0 Å². The Hall–Kier alpha value is -2.82. The number of benzene rings is 2. The van der Waals surface area contributed by atoms with Crippen LogP contribution in [0.15, 0.2) is 42.5 Å². The smallest absolute Gasteiger partial charge is 0.299 e. The maximum atomic E-state index is 12.2. The molecule has 0 spiro atoms. The number of hydrogen-bond acceptors (Lipinski definition) is 4. The Bertz CT molecular complexity index is 785. The summed E-state index contributed by atoms with van der Waals surface area (Å²) in [6, 6.07) is 12.9. The van der Waals surface area contributed by atoms with Crippen LogP contribution in [0.2, 0.25) is 0 Å². The van der Waals surface area contributed by atoms with Crippen molar-refractivity contribution < 1.29 is 19.1 Å². The van der Waals surface area contributed by atoms with Gasteiger partial charge in [-0.3, -0.25) is 9.59 Å². The molecule has 1 aliphatic heterocycles. The van der Waals surface area contributed by atoms with Crippen LogP contribution in [0.1, 0.15) is 22.3 Å². The number of hydrogen-bond donors (Lipinski definition) is 0. The molecule has 1 amide bonds. The van der Waals surface area contributed by atoms with Gasteiger partial charge < -0.3 is 14.4 Å². The number of amides is 1. The summed E-state index contributed by atoms with van der Waals surface area (Å²) in [7, 11) is 1.59. The standard InChI is InChI=1S/C19H19NO4/c1-13-8-9-15-14(12-13)18(21)19(22)20(15)10-5-11-24-17-7-4-3-6-16(17)23-2/h3-4,6-9,12H,5,10-11H2,1-2H3. The van der Waals surface area contributed by atoms with E-state index in [1.165, 1.54) is 4.90 Å². The molecule has 0 aromatic heterocycles. The monoisotopic (exact) mass is 325 g/mol. The van der Waals surface area contributed by atoms with E-state index < -0.39 is 11.7 Å². The van der Waals surface area contributed by atoms with Crippen LogP contribution in [0.3, 0.4) is 0 Å². The van der Waals surface area contributed by atoms with Crippen molar-refractivity contribution in [3.05, 3.63) is 53.6 Å². The fourth-order valence-corrected chi connectivity index (χ4v) is 2.78. The fraction of sp³-hybridized carbons (Fsp3) is 0.263. The molecule has 3 rings (SSSR count). The van der Waals surface area contributed by atoms with Crippen molar-refractivity contribution in [2.45, 2.75) is 13.3 Å². The number of nitrogens with zero attached hydrogens (tertiary/aromatic N) is 1. The Morgan fingerprint density at radius 2 is 1.79 bits per heavy atom. The van der Waals surface area contributed by atoms with Crippen LogP contribution in [0.4, 0.5) is 5.69 Å². The predicted molar refractivity (Wildman–Crippen MR) is 91.0 cm³/mol. The van der Waals surface area contributed by atoms with E-state index in [9.17, 15) is 9.59 Å². The molecule has 0 atom stereocenters. The number of fused-ring (bicyclic) bond motifs is 1. The normalized spacial score (nSPS) is 13.2. The number of aryl methyl sites for hydroxylation is 1.